The SMILES string of the molecule is COC(=O)c1ncc(-c2ccccc2)n1C(Cl)C(C)=O. The van der Waals surface area contributed by atoms with Gasteiger partial charge < -0.3 is 4.74 Å². The Kier molecular flexibility index (Phi) is 4.20. The molecule has 0 amide bonds. The molecule has 0 N–H and O–H groups in total. The molecule has 1 heterocycles. The van der Waals surface area contributed by atoms with Crippen LogP contribution in [0.25, 0.3) is 11.3 Å². The molecule has 0 aliphatic rings. The monoisotopic (exact) mass is 292 g/mol. The third-order valence-corrected chi connectivity index (χ3v) is 3.30. The smallest absolute Gasteiger partial charge is 0.374 e. The standard InChI is InChI=1S/C14H13ClN2O3/c1-9(18)12(15)17-11(10-6-4-3-5-7-10)8-16-13(17)14(19)20-2/h3-8,12H,1-2H3. The summed E-state index contributed by atoms with van der Waals surface area (Å²) in [6.45, 7) is 1.35. The van der Waals surface area contributed by atoms with Crippen LogP contribution in [0.15, 0.2) is 36.5 Å². The van der Waals surface area contributed by atoms with E-state index in [0.29, 0.717) is 5.69 Å². The lowest BCUT2D eigenvalue weighted by Crippen LogP contribution is -2.19. The van der Waals surface area contributed by atoms with Crippen LogP contribution in [0.2, 0.25) is 0 Å². The number of nitrogens with zero attached hydrogens (tertiary/aromatic N) is 2. The van der Waals surface area contributed by atoms with E-state index in [-0.39, 0.29) is 11.6 Å². The lowest BCUT2D eigenvalue weighted by Gasteiger charge is -2.14. The maximum Gasteiger partial charge on any atom is 0.374 e. The van der Waals surface area contributed by atoms with Crippen LogP contribution in [0.3, 0.4) is 0 Å². The molecule has 2 rings (SSSR count). The number of ether oxygens (including phenoxy) is 1. The molecule has 0 bridgehead atoms. The first-order valence-corrected chi connectivity index (χ1v) is 6.35. The van der Waals surface area contributed by atoms with Crippen molar-refractivity contribution in [1.82, 2.24) is 9.55 Å². The number of imidazole rings is 1. The molecule has 0 aliphatic carbocycles. The van der Waals surface area contributed by atoms with E-state index in [1.807, 2.05) is 30.3 Å². The fourth-order valence-corrected chi connectivity index (χ4v) is 2.03. The van der Waals surface area contributed by atoms with Gasteiger partial charge in [-0.25, -0.2) is 9.78 Å². The number of ketones is 1. The summed E-state index contributed by atoms with van der Waals surface area (Å²) in [5.41, 5.74) is 0.380. The molecule has 20 heavy (non-hydrogen) atoms. The van der Waals surface area contributed by atoms with Gasteiger partial charge in [0.15, 0.2) is 11.3 Å². The van der Waals surface area contributed by atoms with Crippen LogP contribution < -0.4 is 0 Å². The molecule has 0 spiro atoms. The number of rotatable bonds is 4. The van der Waals surface area contributed by atoms with Crippen LogP contribution in [-0.4, -0.2) is 28.4 Å². The van der Waals surface area contributed by atoms with Crippen LogP contribution in [0.4, 0.5) is 0 Å². The van der Waals surface area contributed by atoms with Gasteiger partial charge in [0, 0.05) is 0 Å². The van der Waals surface area contributed by atoms with E-state index >= 15 is 0 Å². The van der Waals surface area contributed by atoms with Crippen molar-refractivity contribution in [2.24, 2.45) is 0 Å². The van der Waals surface area contributed by atoms with E-state index in [0.717, 1.165) is 5.56 Å². The summed E-state index contributed by atoms with van der Waals surface area (Å²) in [4.78, 5) is 27.3. The number of aromatic nitrogens is 2. The van der Waals surface area contributed by atoms with Crippen molar-refractivity contribution in [3.63, 3.8) is 0 Å². The highest BCUT2D eigenvalue weighted by Gasteiger charge is 2.25. The fourth-order valence-electron chi connectivity index (χ4n) is 1.84. The number of alkyl halides is 1. The predicted octanol–water partition coefficient (Wildman–Crippen LogP) is 2.66. The summed E-state index contributed by atoms with van der Waals surface area (Å²) in [5, 5.41) is 0. The van der Waals surface area contributed by atoms with Gasteiger partial charge in [0.2, 0.25) is 5.82 Å². The molecule has 2 aromatic rings. The number of hydrogen-bond donors (Lipinski definition) is 0. The molecule has 6 heteroatoms. The Morgan fingerprint density at radius 2 is 1.95 bits per heavy atom. The van der Waals surface area contributed by atoms with Gasteiger partial charge >= 0.3 is 5.97 Å². The minimum absolute atomic E-state index is 0.00144. The number of halogens is 1. The average molecular weight is 293 g/mol. The van der Waals surface area contributed by atoms with Gasteiger partial charge in [-0.05, 0) is 12.5 Å². The van der Waals surface area contributed by atoms with Gasteiger partial charge in [0.05, 0.1) is 19.0 Å². The molecular formula is C14H13ClN2O3. The number of methoxy groups -OCH3 is 1. The van der Waals surface area contributed by atoms with Gasteiger partial charge in [-0.3, -0.25) is 9.36 Å². The van der Waals surface area contributed by atoms with E-state index < -0.39 is 11.5 Å². The summed E-state index contributed by atoms with van der Waals surface area (Å²) >= 11 is 6.11. The van der Waals surface area contributed by atoms with Crippen molar-refractivity contribution in [3.8, 4) is 11.3 Å². The maximum atomic E-state index is 11.7. The number of hydrogen-bond acceptors (Lipinski definition) is 4. The highest BCUT2D eigenvalue weighted by Crippen LogP contribution is 2.27. The Balaban J connectivity index is 2.61. The lowest BCUT2D eigenvalue weighted by molar-refractivity contribution is -0.118. The molecule has 1 atom stereocenters. The predicted molar refractivity (Wildman–Crippen MR) is 74.6 cm³/mol. The average Bonchev–Trinajstić information content (AvgIpc) is 2.91. The molecule has 104 valence electrons. The second-order valence-corrected chi connectivity index (χ2v) is 4.55. The Bertz CT molecular complexity index is 637. The molecule has 0 saturated heterocycles. The molecule has 0 aliphatic heterocycles. The third-order valence-electron chi connectivity index (χ3n) is 2.80. The highest BCUT2D eigenvalue weighted by molar-refractivity contribution is 6.29. The van der Waals surface area contributed by atoms with Gasteiger partial charge in [-0.1, -0.05) is 41.9 Å². The van der Waals surface area contributed by atoms with Crippen molar-refractivity contribution in [3.05, 3.63) is 42.4 Å². The molecular weight excluding hydrogens is 280 g/mol. The first-order chi connectivity index (χ1) is 9.56. The molecule has 0 saturated carbocycles. The zero-order valence-corrected chi connectivity index (χ0v) is 11.8. The first-order valence-electron chi connectivity index (χ1n) is 5.91. The highest BCUT2D eigenvalue weighted by atomic mass is 35.5. The summed E-state index contributed by atoms with van der Waals surface area (Å²) in [5.74, 6) is -0.923. The zero-order valence-electron chi connectivity index (χ0n) is 11.0. The van der Waals surface area contributed by atoms with Gasteiger partial charge in [-0.15, -0.1) is 0 Å². The number of benzene rings is 1. The Morgan fingerprint density at radius 3 is 2.50 bits per heavy atom. The number of carbonyl (C=O) groups excluding carboxylic acids is 2. The normalized spacial score (nSPS) is 11.9. The Morgan fingerprint density at radius 1 is 1.30 bits per heavy atom. The third kappa shape index (κ3) is 2.58. The van der Waals surface area contributed by atoms with Crippen molar-refractivity contribution in [1.29, 1.82) is 0 Å². The summed E-state index contributed by atoms with van der Waals surface area (Å²) in [6, 6.07) is 9.26. The van der Waals surface area contributed by atoms with Crippen LogP contribution in [-0.2, 0) is 9.53 Å². The molecule has 1 unspecified atom stereocenters. The summed E-state index contributed by atoms with van der Waals surface area (Å²) in [7, 11) is 1.25. The maximum absolute atomic E-state index is 11.7. The van der Waals surface area contributed by atoms with Gasteiger partial charge in [-0.2, -0.15) is 0 Å². The minimum Gasteiger partial charge on any atom is -0.463 e. The summed E-state index contributed by atoms with van der Waals surface area (Å²) in [6.07, 6.45) is 1.50. The van der Waals surface area contributed by atoms with Crippen molar-refractivity contribution < 1.29 is 14.3 Å². The van der Waals surface area contributed by atoms with Crippen LogP contribution in [0.5, 0.6) is 0 Å². The quantitative estimate of drug-likeness (QED) is 0.642. The molecule has 1 aromatic carbocycles. The topological polar surface area (TPSA) is 61.2 Å². The van der Waals surface area contributed by atoms with Gasteiger partial charge in [0.1, 0.15) is 0 Å². The van der Waals surface area contributed by atoms with Crippen molar-refractivity contribution in [2.75, 3.05) is 7.11 Å². The van der Waals surface area contributed by atoms with Gasteiger partial charge in [0.25, 0.3) is 0 Å². The molecule has 1 aromatic heterocycles. The van der Waals surface area contributed by atoms with E-state index in [4.69, 9.17) is 11.6 Å². The van der Waals surface area contributed by atoms with Crippen LogP contribution in [0.1, 0.15) is 23.0 Å². The zero-order chi connectivity index (χ0) is 14.7. The number of carbonyl (C=O) groups is 2. The van der Waals surface area contributed by atoms with E-state index in [1.54, 1.807) is 0 Å². The number of esters is 1. The lowest BCUT2D eigenvalue weighted by atomic mass is 10.1. The molecule has 0 fully saturated rings. The van der Waals surface area contributed by atoms with Crippen LogP contribution in [0, 0.1) is 0 Å². The Hall–Kier alpha value is -2.14. The van der Waals surface area contributed by atoms with E-state index in [9.17, 15) is 9.59 Å². The first kappa shape index (κ1) is 14.3. The molecule has 5 nitrogen and oxygen atoms in total. The minimum atomic E-state index is -1.01. The Labute approximate surface area is 121 Å². The second-order valence-electron chi connectivity index (χ2n) is 4.14. The molecule has 0 radical (unpaired) electrons. The second kappa shape index (κ2) is 5.88. The number of Topliss-reactive ketones (excluding diaryl/α,β-unsaturated/α-hetero) is 1. The van der Waals surface area contributed by atoms with Crippen molar-refractivity contribution >= 4 is 23.4 Å². The largest absolute Gasteiger partial charge is 0.463 e. The fraction of sp³-hybridized carbons (Fsp3) is 0.214. The van der Waals surface area contributed by atoms with Crippen LogP contribution >= 0.6 is 11.6 Å². The van der Waals surface area contributed by atoms with E-state index in [1.165, 1.54) is 24.8 Å². The van der Waals surface area contributed by atoms with E-state index in [2.05, 4.69) is 9.72 Å². The van der Waals surface area contributed by atoms with Crippen molar-refractivity contribution in [2.45, 2.75) is 12.4 Å². The summed E-state index contributed by atoms with van der Waals surface area (Å²) < 4.78 is 6.04.